The molecule has 0 amide bonds. The normalized spacial score (nSPS) is 20.6. The van der Waals surface area contributed by atoms with Crippen LogP contribution in [0, 0.1) is 11.8 Å². The van der Waals surface area contributed by atoms with Gasteiger partial charge in [0.25, 0.3) is 0 Å². The van der Waals surface area contributed by atoms with Crippen molar-refractivity contribution in [3.05, 3.63) is 50.2 Å². The number of nitrogens with zero attached hydrogens (tertiary/aromatic N) is 2. The van der Waals surface area contributed by atoms with E-state index in [4.69, 9.17) is 4.74 Å². The summed E-state index contributed by atoms with van der Waals surface area (Å²) in [4.78, 5) is 31.3. The van der Waals surface area contributed by atoms with Crippen molar-refractivity contribution in [2.75, 3.05) is 7.11 Å². The number of aromatic amines is 2. The van der Waals surface area contributed by atoms with Gasteiger partial charge in [-0.1, -0.05) is 18.1 Å². The number of hydrogen-bond acceptors (Lipinski definition) is 4. The Morgan fingerprint density at radius 3 is 2.64 bits per heavy atom. The third-order valence-corrected chi connectivity index (χ3v) is 5.84. The Bertz CT molecular complexity index is 1240. The third kappa shape index (κ3) is 2.96. The summed E-state index contributed by atoms with van der Waals surface area (Å²) in [6.45, 7) is 6.47. The molecule has 0 radical (unpaired) electrons. The molecule has 4 rings (SSSR count). The molecular formula is C21H24N4O3. The Hall–Kier alpha value is -3.09. The van der Waals surface area contributed by atoms with Gasteiger partial charge in [0.1, 0.15) is 11.3 Å². The first-order chi connectivity index (χ1) is 13.4. The van der Waals surface area contributed by atoms with Gasteiger partial charge in [0, 0.05) is 23.0 Å². The molecule has 2 heterocycles. The van der Waals surface area contributed by atoms with Crippen LogP contribution in [0.4, 0.5) is 0 Å². The van der Waals surface area contributed by atoms with Crippen molar-refractivity contribution >= 4 is 28.2 Å². The standard InChI is InChI=1S/C21H24N4O3/c1-11-7-13(3)14(8-12(11)2)10-22-25-20(26)19-18(24-21(25)27)16-9-15(28-4)5-6-17(16)23-19/h5-6,9-10,13-14,23H,7-8H2,1-4H3,(H,24,27)/b22-10+. The molecule has 146 valence electrons. The van der Waals surface area contributed by atoms with E-state index in [1.54, 1.807) is 25.5 Å². The molecule has 7 nitrogen and oxygen atoms in total. The van der Waals surface area contributed by atoms with Crippen molar-refractivity contribution in [3.8, 4) is 5.75 Å². The fourth-order valence-corrected chi connectivity index (χ4v) is 3.94. The van der Waals surface area contributed by atoms with Crippen LogP contribution in [0.25, 0.3) is 21.9 Å². The number of hydrogen-bond donors (Lipinski definition) is 2. The van der Waals surface area contributed by atoms with Crippen molar-refractivity contribution in [1.82, 2.24) is 14.6 Å². The highest BCUT2D eigenvalue weighted by Crippen LogP contribution is 2.32. The number of aromatic nitrogens is 3. The summed E-state index contributed by atoms with van der Waals surface area (Å²) in [7, 11) is 1.57. The van der Waals surface area contributed by atoms with E-state index in [2.05, 4.69) is 35.8 Å². The van der Waals surface area contributed by atoms with E-state index in [1.165, 1.54) is 11.1 Å². The summed E-state index contributed by atoms with van der Waals surface area (Å²) in [5, 5.41) is 4.99. The Morgan fingerprint density at radius 2 is 1.89 bits per heavy atom. The molecule has 1 aromatic carbocycles. The number of ether oxygens (including phenoxy) is 1. The average Bonchev–Trinajstić information content (AvgIpc) is 3.03. The topological polar surface area (TPSA) is 92.2 Å². The van der Waals surface area contributed by atoms with Gasteiger partial charge in [0.05, 0.1) is 12.6 Å². The molecule has 0 spiro atoms. The SMILES string of the molecule is COc1ccc2[nH]c3c(=O)n(/N=C/C4CC(C)=C(C)CC4C)c(=O)[nH]c3c2c1. The maximum absolute atomic E-state index is 12.9. The predicted octanol–water partition coefficient (Wildman–Crippen LogP) is 3.40. The van der Waals surface area contributed by atoms with Crippen LogP contribution in [0.1, 0.15) is 33.6 Å². The molecule has 2 N–H and O–H groups in total. The fraction of sp³-hybridized carbons (Fsp3) is 0.381. The molecule has 28 heavy (non-hydrogen) atoms. The van der Waals surface area contributed by atoms with E-state index >= 15 is 0 Å². The average molecular weight is 380 g/mol. The second kappa shape index (κ2) is 6.82. The predicted molar refractivity (Wildman–Crippen MR) is 111 cm³/mol. The van der Waals surface area contributed by atoms with Crippen LogP contribution < -0.4 is 16.0 Å². The maximum atomic E-state index is 12.9. The number of H-pyrrole nitrogens is 2. The van der Waals surface area contributed by atoms with Gasteiger partial charge in [-0.3, -0.25) is 4.79 Å². The number of methoxy groups -OCH3 is 1. The second-order valence-corrected chi connectivity index (χ2v) is 7.71. The molecular weight excluding hydrogens is 356 g/mol. The summed E-state index contributed by atoms with van der Waals surface area (Å²) >= 11 is 0. The molecule has 0 aliphatic heterocycles. The van der Waals surface area contributed by atoms with Gasteiger partial charge in [-0.15, -0.1) is 4.68 Å². The lowest BCUT2D eigenvalue weighted by molar-refractivity contribution is 0.415. The van der Waals surface area contributed by atoms with Crippen molar-refractivity contribution < 1.29 is 4.74 Å². The van der Waals surface area contributed by atoms with Gasteiger partial charge in [0.2, 0.25) is 0 Å². The summed E-state index contributed by atoms with van der Waals surface area (Å²) in [5.74, 6) is 1.28. The molecule has 0 saturated heterocycles. The summed E-state index contributed by atoms with van der Waals surface area (Å²) in [6.07, 6.45) is 3.66. The zero-order valence-electron chi connectivity index (χ0n) is 16.5. The van der Waals surface area contributed by atoms with Crippen molar-refractivity contribution in [2.45, 2.75) is 33.6 Å². The van der Waals surface area contributed by atoms with E-state index < -0.39 is 11.2 Å². The number of allylic oxidation sites excluding steroid dienone is 2. The fourth-order valence-electron chi connectivity index (χ4n) is 3.94. The summed E-state index contributed by atoms with van der Waals surface area (Å²) < 4.78 is 6.15. The van der Waals surface area contributed by atoms with Gasteiger partial charge < -0.3 is 14.7 Å². The number of rotatable bonds is 3. The van der Waals surface area contributed by atoms with E-state index in [9.17, 15) is 9.59 Å². The minimum Gasteiger partial charge on any atom is -0.497 e. The lowest BCUT2D eigenvalue weighted by Crippen LogP contribution is -2.33. The van der Waals surface area contributed by atoms with Gasteiger partial charge >= 0.3 is 11.2 Å². The monoisotopic (exact) mass is 380 g/mol. The minimum absolute atomic E-state index is 0.206. The van der Waals surface area contributed by atoms with Gasteiger partial charge in [-0.05, 0) is 50.8 Å². The Balaban J connectivity index is 1.79. The van der Waals surface area contributed by atoms with E-state index in [0.717, 1.165) is 28.4 Å². The first-order valence-corrected chi connectivity index (χ1v) is 9.43. The Labute approximate surface area is 161 Å². The highest BCUT2D eigenvalue weighted by atomic mass is 16.5. The molecule has 7 heteroatoms. The molecule has 0 bridgehead atoms. The van der Waals surface area contributed by atoms with Gasteiger partial charge in [0.15, 0.2) is 0 Å². The summed E-state index contributed by atoms with van der Waals surface area (Å²) in [5.41, 5.74) is 3.31. The second-order valence-electron chi connectivity index (χ2n) is 7.71. The van der Waals surface area contributed by atoms with E-state index in [1.807, 2.05) is 6.07 Å². The van der Waals surface area contributed by atoms with E-state index in [0.29, 0.717) is 22.7 Å². The molecule has 2 aromatic heterocycles. The highest BCUT2D eigenvalue weighted by Gasteiger charge is 2.22. The first kappa shape index (κ1) is 18.3. The van der Waals surface area contributed by atoms with Crippen molar-refractivity contribution in [2.24, 2.45) is 16.9 Å². The zero-order valence-corrected chi connectivity index (χ0v) is 16.5. The van der Waals surface area contributed by atoms with Gasteiger partial charge in [-0.2, -0.15) is 5.10 Å². The van der Waals surface area contributed by atoms with Crippen LogP contribution in [0.2, 0.25) is 0 Å². The lowest BCUT2D eigenvalue weighted by atomic mass is 9.78. The molecule has 1 aliphatic rings. The number of benzene rings is 1. The Kier molecular flexibility index (Phi) is 4.45. The lowest BCUT2D eigenvalue weighted by Gasteiger charge is -2.27. The molecule has 2 unspecified atom stereocenters. The molecule has 1 aliphatic carbocycles. The quantitative estimate of drug-likeness (QED) is 0.539. The number of nitrogens with one attached hydrogen (secondary N) is 2. The minimum atomic E-state index is -0.552. The maximum Gasteiger partial charge on any atom is 0.350 e. The molecule has 0 saturated carbocycles. The van der Waals surface area contributed by atoms with E-state index in [-0.39, 0.29) is 5.92 Å². The Morgan fingerprint density at radius 1 is 1.14 bits per heavy atom. The van der Waals surface area contributed by atoms with Crippen LogP contribution in [-0.4, -0.2) is 28.0 Å². The molecule has 2 atom stereocenters. The van der Waals surface area contributed by atoms with Crippen molar-refractivity contribution in [3.63, 3.8) is 0 Å². The summed E-state index contributed by atoms with van der Waals surface area (Å²) in [6, 6.07) is 5.41. The zero-order chi connectivity index (χ0) is 20.0. The molecule has 0 fully saturated rings. The van der Waals surface area contributed by atoms with Crippen molar-refractivity contribution in [1.29, 1.82) is 0 Å². The molecule has 3 aromatic rings. The largest absolute Gasteiger partial charge is 0.497 e. The third-order valence-electron chi connectivity index (χ3n) is 5.84. The van der Waals surface area contributed by atoms with Crippen LogP contribution in [0.15, 0.2) is 44.0 Å². The van der Waals surface area contributed by atoms with Crippen LogP contribution in [0.3, 0.4) is 0 Å². The van der Waals surface area contributed by atoms with Crippen LogP contribution in [-0.2, 0) is 0 Å². The number of fused-ring (bicyclic) bond motifs is 3. The van der Waals surface area contributed by atoms with Gasteiger partial charge in [-0.25, -0.2) is 4.79 Å². The van der Waals surface area contributed by atoms with Crippen LogP contribution in [0.5, 0.6) is 5.75 Å². The highest BCUT2D eigenvalue weighted by molar-refractivity contribution is 6.04. The first-order valence-electron chi connectivity index (χ1n) is 9.43. The smallest absolute Gasteiger partial charge is 0.350 e. The van der Waals surface area contributed by atoms with Crippen LogP contribution >= 0.6 is 0 Å².